The normalized spacial score (nSPS) is 9.00. The highest BCUT2D eigenvalue weighted by molar-refractivity contribution is 5.90. The second-order valence-corrected chi connectivity index (χ2v) is 2.28. The van der Waals surface area contributed by atoms with Gasteiger partial charge in [-0.3, -0.25) is 0 Å². The molecule has 3 nitrogen and oxygen atoms in total. The first-order chi connectivity index (χ1) is 5.74. The Kier molecular flexibility index (Phi) is 2.48. The minimum atomic E-state index is -0.565. The molecule has 1 rings (SSSR count). The Morgan fingerprint density at radius 3 is 2.75 bits per heavy atom. The number of nitrogens with one attached hydrogen (secondary N) is 1. The van der Waals surface area contributed by atoms with Gasteiger partial charge in [-0.2, -0.15) is 0 Å². The molecule has 3 heteroatoms. The van der Waals surface area contributed by atoms with Gasteiger partial charge < -0.3 is 11.1 Å². The molecule has 0 saturated carbocycles. The minimum absolute atomic E-state index is 0.565. The molecule has 0 atom stereocenters. The molecule has 0 aliphatic rings. The number of hydrogen-bond donors (Lipinski definition) is 2. The number of para-hydroxylation sites is 1. The quantitative estimate of drug-likeness (QED) is 0.684. The number of carbonyl (C=O) groups is 1. The second-order valence-electron chi connectivity index (χ2n) is 2.28. The summed E-state index contributed by atoms with van der Waals surface area (Å²) in [7, 11) is 0. The molecule has 0 bridgehead atoms. The molecule has 12 heavy (non-hydrogen) atoms. The lowest BCUT2D eigenvalue weighted by Gasteiger charge is -2.04. The van der Waals surface area contributed by atoms with Crippen molar-refractivity contribution in [2.24, 2.45) is 5.73 Å². The molecule has 0 spiro atoms. The lowest BCUT2D eigenvalue weighted by atomic mass is 10.2. The number of amides is 2. The Balaban J connectivity index is 2.96. The fraction of sp³-hybridized carbons (Fsp3) is 0. The molecule has 0 aliphatic heterocycles. The first kappa shape index (κ1) is 8.33. The van der Waals surface area contributed by atoms with Gasteiger partial charge in [0.05, 0.1) is 0 Å². The maximum absolute atomic E-state index is 10.5. The van der Waals surface area contributed by atoms with Crippen LogP contribution in [0.3, 0.4) is 0 Å². The van der Waals surface area contributed by atoms with Crippen LogP contribution in [0.15, 0.2) is 30.8 Å². The first-order valence-corrected chi connectivity index (χ1v) is 3.52. The number of primary amides is 1. The third-order valence-electron chi connectivity index (χ3n) is 1.44. The fourth-order valence-electron chi connectivity index (χ4n) is 0.922. The van der Waals surface area contributed by atoms with Gasteiger partial charge in [-0.1, -0.05) is 30.9 Å². The van der Waals surface area contributed by atoms with Crippen molar-refractivity contribution in [1.82, 2.24) is 0 Å². The van der Waals surface area contributed by atoms with E-state index in [1.807, 2.05) is 18.2 Å². The van der Waals surface area contributed by atoms with E-state index in [0.717, 1.165) is 5.56 Å². The molecule has 3 N–H and O–H groups in total. The van der Waals surface area contributed by atoms with Crippen molar-refractivity contribution < 1.29 is 4.79 Å². The van der Waals surface area contributed by atoms with E-state index in [1.54, 1.807) is 12.1 Å². The first-order valence-electron chi connectivity index (χ1n) is 3.52. The van der Waals surface area contributed by atoms with E-state index < -0.39 is 6.03 Å². The fourth-order valence-corrected chi connectivity index (χ4v) is 0.922. The molecular formula is C9H10N2O. The molecule has 0 radical (unpaired) electrons. The molecule has 0 aliphatic carbocycles. The highest BCUT2D eigenvalue weighted by Crippen LogP contribution is 2.15. The summed E-state index contributed by atoms with van der Waals surface area (Å²) in [6.07, 6.45) is 1.66. The predicted molar refractivity (Wildman–Crippen MR) is 49.7 cm³/mol. The van der Waals surface area contributed by atoms with Gasteiger partial charge in [-0.25, -0.2) is 4.79 Å². The van der Waals surface area contributed by atoms with Crippen LogP contribution in [0.1, 0.15) is 5.56 Å². The molecule has 0 aromatic heterocycles. The molecule has 1 aromatic carbocycles. The van der Waals surface area contributed by atoms with E-state index in [9.17, 15) is 4.79 Å². The Morgan fingerprint density at radius 2 is 2.17 bits per heavy atom. The lowest BCUT2D eigenvalue weighted by molar-refractivity contribution is 0.259. The van der Waals surface area contributed by atoms with Gasteiger partial charge in [0.1, 0.15) is 0 Å². The van der Waals surface area contributed by atoms with Crippen molar-refractivity contribution in [3.63, 3.8) is 0 Å². The van der Waals surface area contributed by atoms with Crippen molar-refractivity contribution in [3.05, 3.63) is 36.4 Å². The molecule has 62 valence electrons. The summed E-state index contributed by atoms with van der Waals surface area (Å²) in [5.74, 6) is 0. The number of hydrogen-bond acceptors (Lipinski definition) is 1. The number of nitrogens with two attached hydrogens (primary N) is 1. The third-order valence-corrected chi connectivity index (χ3v) is 1.44. The monoisotopic (exact) mass is 162 g/mol. The molecule has 0 saturated heterocycles. The van der Waals surface area contributed by atoms with E-state index in [1.165, 1.54) is 0 Å². The smallest absolute Gasteiger partial charge is 0.316 e. The Bertz CT molecular complexity index is 307. The number of anilines is 1. The lowest BCUT2D eigenvalue weighted by Crippen LogP contribution is -2.19. The van der Waals surface area contributed by atoms with Crippen molar-refractivity contribution in [2.75, 3.05) is 5.32 Å². The topological polar surface area (TPSA) is 55.1 Å². The van der Waals surface area contributed by atoms with Crippen molar-refractivity contribution in [2.45, 2.75) is 0 Å². The summed E-state index contributed by atoms with van der Waals surface area (Å²) in [5, 5.41) is 2.49. The third kappa shape index (κ3) is 1.85. The Labute approximate surface area is 70.9 Å². The largest absolute Gasteiger partial charge is 0.351 e. The summed E-state index contributed by atoms with van der Waals surface area (Å²) in [6, 6.07) is 6.73. The Hall–Kier alpha value is -1.77. The van der Waals surface area contributed by atoms with Gasteiger partial charge >= 0.3 is 6.03 Å². The predicted octanol–water partition coefficient (Wildman–Crippen LogP) is 1.82. The molecule has 0 fully saturated rings. The Morgan fingerprint density at radius 1 is 1.50 bits per heavy atom. The van der Waals surface area contributed by atoms with Gasteiger partial charge in [0.15, 0.2) is 0 Å². The van der Waals surface area contributed by atoms with Gasteiger partial charge in [-0.15, -0.1) is 0 Å². The molecule has 1 aromatic rings. The summed E-state index contributed by atoms with van der Waals surface area (Å²) < 4.78 is 0. The second kappa shape index (κ2) is 3.57. The maximum atomic E-state index is 10.5. The van der Waals surface area contributed by atoms with Crippen LogP contribution in [-0.2, 0) is 0 Å². The summed E-state index contributed by atoms with van der Waals surface area (Å²) >= 11 is 0. The van der Waals surface area contributed by atoms with Crippen LogP contribution in [0.5, 0.6) is 0 Å². The average Bonchev–Trinajstić information content (AvgIpc) is 2.04. The number of rotatable bonds is 2. The van der Waals surface area contributed by atoms with Gasteiger partial charge in [0, 0.05) is 5.69 Å². The van der Waals surface area contributed by atoms with Gasteiger partial charge in [0.2, 0.25) is 0 Å². The van der Waals surface area contributed by atoms with E-state index in [0.29, 0.717) is 5.69 Å². The van der Waals surface area contributed by atoms with Crippen molar-refractivity contribution >= 4 is 17.8 Å². The van der Waals surface area contributed by atoms with E-state index >= 15 is 0 Å². The molecule has 2 amide bonds. The van der Waals surface area contributed by atoms with E-state index in [4.69, 9.17) is 5.73 Å². The van der Waals surface area contributed by atoms with Crippen LogP contribution in [0.4, 0.5) is 10.5 Å². The number of benzene rings is 1. The van der Waals surface area contributed by atoms with Crippen molar-refractivity contribution in [1.29, 1.82) is 0 Å². The van der Waals surface area contributed by atoms with Crippen LogP contribution >= 0.6 is 0 Å². The van der Waals surface area contributed by atoms with E-state index in [-0.39, 0.29) is 0 Å². The average molecular weight is 162 g/mol. The zero-order valence-electron chi connectivity index (χ0n) is 6.58. The number of urea groups is 1. The summed E-state index contributed by atoms with van der Waals surface area (Å²) in [4.78, 5) is 10.5. The molecule has 0 unspecified atom stereocenters. The SMILES string of the molecule is C=Cc1ccccc1NC(N)=O. The number of carbonyl (C=O) groups excluding carboxylic acids is 1. The highest BCUT2D eigenvalue weighted by Gasteiger charge is 1.98. The summed E-state index contributed by atoms with van der Waals surface area (Å²) in [5.41, 5.74) is 6.50. The highest BCUT2D eigenvalue weighted by atomic mass is 16.2. The van der Waals surface area contributed by atoms with Gasteiger partial charge in [-0.05, 0) is 11.6 Å². The summed E-state index contributed by atoms with van der Waals surface area (Å²) in [6.45, 7) is 3.61. The minimum Gasteiger partial charge on any atom is -0.351 e. The van der Waals surface area contributed by atoms with Crippen molar-refractivity contribution in [3.8, 4) is 0 Å². The standard InChI is InChI=1S/C9H10N2O/c1-2-7-5-3-4-6-8(7)11-9(10)12/h2-6H,1H2,(H3,10,11,12). The van der Waals surface area contributed by atoms with Gasteiger partial charge in [0.25, 0.3) is 0 Å². The van der Waals surface area contributed by atoms with Crippen LogP contribution in [0, 0.1) is 0 Å². The zero-order valence-corrected chi connectivity index (χ0v) is 6.58. The van der Waals surface area contributed by atoms with Crippen LogP contribution in [0.2, 0.25) is 0 Å². The van der Waals surface area contributed by atoms with Crippen LogP contribution in [-0.4, -0.2) is 6.03 Å². The molecular weight excluding hydrogens is 152 g/mol. The van der Waals surface area contributed by atoms with E-state index in [2.05, 4.69) is 11.9 Å². The van der Waals surface area contributed by atoms with Crippen LogP contribution in [0.25, 0.3) is 6.08 Å². The molecule has 0 heterocycles. The van der Waals surface area contributed by atoms with Crippen LogP contribution < -0.4 is 11.1 Å². The maximum Gasteiger partial charge on any atom is 0.316 e. The zero-order chi connectivity index (χ0) is 8.97.